The Morgan fingerprint density at radius 2 is 2.06 bits per heavy atom. The summed E-state index contributed by atoms with van der Waals surface area (Å²) in [6.45, 7) is 8.44. The van der Waals surface area contributed by atoms with Crippen molar-refractivity contribution >= 4 is 11.9 Å². The molecule has 0 saturated carbocycles. The lowest BCUT2D eigenvalue weighted by molar-refractivity contribution is 0.174. The Morgan fingerprint density at radius 1 is 1.23 bits per heavy atom. The number of carbonyl (C=O) groups is 1. The molecule has 1 saturated heterocycles. The Kier molecular flexibility index (Phi) is 5.70. The van der Waals surface area contributed by atoms with Gasteiger partial charge in [-0.2, -0.15) is 4.98 Å². The van der Waals surface area contributed by atoms with Crippen LogP contribution in [0.5, 0.6) is 5.75 Å². The number of nitrogens with zero attached hydrogens (tertiary/aromatic N) is 4. The predicted octanol–water partition coefficient (Wildman–Crippen LogP) is 3.12. The van der Waals surface area contributed by atoms with Crippen molar-refractivity contribution in [1.29, 1.82) is 0 Å². The van der Waals surface area contributed by atoms with Gasteiger partial charge in [-0.1, -0.05) is 5.16 Å². The van der Waals surface area contributed by atoms with Gasteiger partial charge in [0, 0.05) is 17.3 Å². The van der Waals surface area contributed by atoms with E-state index in [0.29, 0.717) is 35.5 Å². The predicted molar refractivity (Wildman–Crippen MR) is 113 cm³/mol. The van der Waals surface area contributed by atoms with Gasteiger partial charge in [-0.3, -0.25) is 0 Å². The van der Waals surface area contributed by atoms with Crippen LogP contribution >= 0.6 is 0 Å². The molecule has 10 heteroatoms. The maximum atomic E-state index is 11.1. The smallest absolute Gasteiger partial charge is 0.407 e. The number of rotatable bonds is 7. The van der Waals surface area contributed by atoms with E-state index in [0.717, 1.165) is 17.1 Å². The second-order valence-corrected chi connectivity index (χ2v) is 7.64. The number of hydrogen-bond acceptors (Lipinski definition) is 9. The molecular formula is C21H24N6O4. The van der Waals surface area contributed by atoms with Gasteiger partial charge < -0.3 is 24.6 Å². The first kappa shape index (κ1) is 20.6. The van der Waals surface area contributed by atoms with Gasteiger partial charge in [0.25, 0.3) is 5.89 Å². The average Bonchev–Trinajstić information content (AvgIpc) is 3.35. The lowest BCUT2D eigenvalue weighted by Gasteiger charge is -2.12. The van der Waals surface area contributed by atoms with Crippen molar-refractivity contribution < 1.29 is 18.8 Å². The van der Waals surface area contributed by atoms with Gasteiger partial charge in [-0.25, -0.2) is 14.8 Å². The SMILES string of the molecule is Cc1cc(-c2nc(-c3ccc(OC[C@H]4COC(=O)N4)c(C)n3)no2)cc(NC(C)C)n1. The molecule has 0 bridgehead atoms. The molecule has 4 heterocycles. The molecule has 0 unspecified atom stereocenters. The molecule has 162 valence electrons. The highest BCUT2D eigenvalue weighted by atomic mass is 16.6. The molecule has 0 radical (unpaired) electrons. The lowest BCUT2D eigenvalue weighted by Crippen LogP contribution is -2.32. The molecule has 1 fully saturated rings. The van der Waals surface area contributed by atoms with Crippen molar-refractivity contribution in [2.45, 2.75) is 39.8 Å². The van der Waals surface area contributed by atoms with Crippen LogP contribution in [0.3, 0.4) is 0 Å². The van der Waals surface area contributed by atoms with Crippen molar-refractivity contribution in [3.63, 3.8) is 0 Å². The number of pyridine rings is 2. The number of hydrogen-bond donors (Lipinski definition) is 2. The van der Waals surface area contributed by atoms with E-state index >= 15 is 0 Å². The number of amides is 1. The van der Waals surface area contributed by atoms with E-state index in [1.54, 1.807) is 12.1 Å². The minimum absolute atomic E-state index is 0.176. The number of nitrogens with one attached hydrogen (secondary N) is 2. The largest absolute Gasteiger partial charge is 0.489 e. The van der Waals surface area contributed by atoms with Crippen LogP contribution in [0.15, 0.2) is 28.8 Å². The highest BCUT2D eigenvalue weighted by molar-refractivity contribution is 5.69. The number of carbonyl (C=O) groups excluding carboxylic acids is 1. The van der Waals surface area contributed by atoms with E-state index in [1.165, 1.54) is 0 Å². The normalized spacial score (nSPS) is 15.6. The summed E-state index contributed by atoms with van der Waals surface area (Å²) < 4.78 is 16.1. The Bertz CT molecular complexity index is 1100. The molecule has 1 atom stereocenters. The summed E-state index contributed by atoms with van der Waals surface area (Å²) in [6.07, 6.45) is -0.428. The maximum Gasteiger partial charge on any atom is 0.407 e. The number of ether oxygens (including phenoxy) is 2. The van der Waals surface area contributed by atoms with Crippen LogP contribution in [0.25, 0.3) is 23.0 Å². The second-order valence-electron chi connectivity index (χ2n) is 7.64. The van der Waals surface area contributed by atoms with Crippen molar-refractivity contribution in [1.82, 2.24) is 25.4 Å². The van der Waals surface area contributed by atoms with Crippen molar-refractivity contribution in [3.05, 3.63) is 35.7 Å². The fourth-order valence-corrected chi connectivity index (χ4v) is 3.14. The lowest BCUT2D eigenvalue weighted by atomic mass is 10.2. The Labute approximate surface area is 179 Å². The van der Waals surface area contributed by atoms with Crippen LogP contribution in [0.2, 0.25) is 0 Å². The number of anilines is 1. The van der Waals surface area contributed by atoms with Crippen molar-refractivity contribution in [2.75, 3.05) is 18.5 Å². The molecule has 1 amide bonds. The Hall–Kier alpha value is -3.69. The van der Waals surface area contributed by atoms with Crippen LogP contribution < -0.4 is 15.4 Å². The average molecular weight is 424 g/mol. The summed E-state index contributed by atoms with van der Waals surface area (Å²) in [5.41, 5.74) is 2.88. The quantitative estimate of drug-likeness (QED) is 0.588. The van der Waals surface area contributed by atoms with Crippen LogP contribution in [0, 0.1) is 13.8 Å². The first-order chi connectivity index (χ1) is 14.9. The van der Waals surface area contributed by atoms with Gasteiger partial charge >= 0.3 is 6.09 Å². The molecule has 0 aliphatic carbocycles. The second kappa shape index (κ2) is 8.58. The van der Waals surface area contributed by atoms with Gasteiger partial charge in [-0.05, 0) is 52.0 Å². The van der Waals surface area contributed by atoms with E-state index in [-0.39, 0.29) is 18.7 Å². The number of aromatic nitrogens is 4. The number of aryl methyl sites for hydroxylation is 2. The minimum Gasteiger partial charge on any atom is -0.489 e. The van der Waals surface area contributed by atoms with Crippen molar-refractivity contribution in [3.8, 4) is 28.7 Å². The summed E-state index contributed by atoms with van der Waals surface area (Å²) in [5.74, 6) is 2.14. The third-order valence-electron chi connectivity index (χ3n) is 4.51. The fraction of sp³-hybridized carbons (Fsp3) is 0.381. The molecule has 10 nitrogen and oxygen atoms in total. The first-order valence-electron chi connectivity index (χ1n) is 10.0. The Morgan fingerprint density at radius 3 is 2.77 bits per heavy atom. The number of alkyl carbamates (subject to hydrolysis) is 1. The van der Waals surface area contributed by atoms with Gasteiger partial charge in [0.2, 0.25) is 5.82 Å². The summed E-state index contributed by atoms with van der Waals surface area (Å²) in [7, 11) is 0. The first-order valence-corrected chi connectivity index (χ1v) is 10.0. The van der Waals surface area contributed by atoms with Gasteiger partial charge in [-0.15, -0.1) is 0 Å². The topological polar surface area (TPSA) is 124 Å². The molecule has 31 heavy (non-hydrogen) atoms. The zero-order valence-electron chi connectivity index (χ0n) is 17.8. The van der Waals surface area contributed by atoms with Gasteiger partial charge in [0.05, 0.1) is 5.69 Å². The van der Waals surface area contributed by atoms with E-state index in [4.69, 9.17) is 14.0 Å². The molecule has 3 aromatic heterocycles. The molecule has 2 N–H and O–H groups in total. The highest BCUT2D eigenvalue weighted by Crippen LogP contribution is 2.26. The molecular weight excluding hydrogens is 400 g/mol. The number of cyclic esters (lactones) is 1. The summed E-state index contributed by atoms with van der Waals surface area (Å²) in [6, 6.07) is 7.42. The molecule has 0 aromatic carbocycles. The maximum absolute atomic E-state index is 11.1. The minimum atomic E-state index is -0.428. The summed E-state index contributed by atoms with van der Waals surface area (Å²) in [4.78, 5) is 24.6. The van der Waals surface area contributed by atoms with E-state index in [9.17, 15) is 4.79 Å². The third kappa shape index (κ3) is 4.90. The summed E-state index contributed by atoms with van der Waals surface area (Å²) >= 11 is 0. The highest BCUT2D eigenvalue weighted by Gasteiger charge is 2.23. The van der Waals surface area contributed by atoms with Crippen LogP contribution in [-0.2, 0) is 4.74 Å². The molecule has 0 spiro atoms. The van der Waals surface area contributed by atoms with E-state index in [1.807, 2.05) is 39.8 Å². The van der Waals surface area contributed by atoms with Crippen molar-refractivity contribution in [2.24, 2.45) is 0 Å². The fourth-order valence-electron chi connectivity index (χ4n) is 3.14. The molecule has 1 aliphatic rings. The molecule has 4 rings (SSSR count). The standard InChI is InChI=1S/C21H24N6O4/c1-11(2)22-18-8-14(7-12(3)23-18)20-26-19(27-31-20)16-5-6-17(13(4)24-16)29-9-15-10-30-21(28)25-15/h5-8,11,15H,9-10H2,1-4H3,(H,22,23)(H,25,28)/t15-/m0/s1. The van der Waals surface area contributed by atoms with Gasteiger partial charge in [0.15, 0.2) is 0 Å². The summed E-state index contributed by atoms with van der Waals surface area (Å²) in [5, 5.41) is 10.0. The molecule has 1 aliphatic heterocycles. The van der Waals surface area contributed by atoms with Gasteiger partial charge in [0.1, 0.15) is 36.5 Å². The Balaban J connectivity index is 1.49. The van der Waals surface area contributed by atoms with E-state index < -0.39 is 6.09 Å². The monoisotopic (exact) mass is 424 g/mol. The van der Waals surface area contributed by atoms with Crippen LogP contribution in [-0.4, -0.2) is 51.5 Å². The van der Waals surface area contributed by atoms with Crippen LogP contribution in [0.1, 0.15) is 25.2 Å². The van der Waals surface area contributed by atoms with Crippen LogP contribution in [0.4, 0.5) is 10.6 Å². The third-order valence-corrected chi connectivity index (χ3v) is 4.51. The zero-order chi connectivity index (χ0) is 22.0. The van der Waals surface area contributed by atoms with E-state index in [2.05, 4.69) is 30.7 Å². The zero-order valence-corrected chi connectivity index (χ0v) is 17.8. The molecule has 3 aromatic rings.